The lowest BCUT2D eigenvalue weighted by Gasteiger charge is -2.29. The zero-order chi connectivity index (χ0) is 72.4. The maximum absolute atomic E-state index is 13.4. The number of hydrogen-bond donors (Lipinski definition) is 11. The number of nitrogen functional groups attached to an aromatic ring is 1. The summed E-state index contributed by atoms with van der Waals surface area (Å²) in [4.78, 5) is 165. The number of ether oxygens (including phenoxy) is 6. The number of aliphatic hydroxyl groups excluding tert-OH is 1. The minimum Gasteiger partial charge on any atom is -0.396 e. The number of H-pyrrole nitrogens is 4. The Morgan fingerprint density at radius 1 is 0.556 bits per heavy atom. The van der Waals surface area contributed by atoms with Crippen LogP contribution in [0.2, 0.25) is 0 Å². The van der Waals surface area contributed by atoms with Gasteiger partial charge in [0.2, 0.25) is 5.95 Å². The molecular formula is C49H72N11O29P5S5. The smallest absolute Gasteiger partial charge is 0.330 e. The highest BCUT2D eigenvalue weighted by Gasteiger charge is 2.53. The van der Waals surface area contributed by atoms with E-state index in [0.717, 1.165) is 19.9 Å². The number of aromatic nitrogens is 10. The summed E-state index contributed by atoms with van der Waals surface area (Å²) in [5, 5.41) is 9.32. The molecule has 19 atom stereocenters. The fraction of sp³-hybridized carbons (Fsp3) is 0.653. The van der Waals surface area contributed by atoms with Gasteiger partial charge in [-0.1, -0.05) is 0 Å². The van der Waals surface area contributed by atoms with Crippen molar-refractivity contribution in [3.05, 3.63) is 114 Å². The lowest BCUT2D eigenvalue weighted by molar-refractivity contribution is -0.0637. The van der Waals surface area contributed by atoms with Crippen LogP contribution in [0.15, 0.2) is 58.5 Å². The lowest BCUT2D eigenvalue weighted by atomic mass is 10.1. The Labute approximate surface area is 584 Å². The molecule has 5 aromatic heterocycles. The Balaban J connectivity index is 0.936. The minimum atomic E-state index is -4.67. The normalized spacial score (nSPS) is 28.8. The van der Waals surface area contributed by atoms with E-state index in [1.165, 1.54) is 58.3 Å². The molecule has 0 aliphatic carbocycles. The number of imidazole rings is 1. The molecule has 4 aliphatic rings. The number of hydrogen-bond acceptors (Lipinski definition) is 32. The van der Waals surface area contributed by atoms with Crippen LogP contribution < -0.4 is 45.0 Å². The molecule has 4 saturated heterocycles. The highest BCUT2D eigenvalue weighted by molar-refractivity contribution is 8.08. The van der Waals surface area contributed by atoms with E-state index in [4.69, 9.17) is 138 Å². The zero-order valence-corrected chi connectivity index (χ0v) is 61.7. The first-order valence-electron chi connectivity index (χ1n) is 29.7. The molecule has 4 aliphatic heterocycles. The maximum Gasteiger partial charge on any atom is 0.330 e. The number of fused-ring (bicyclic) bond motifs is 1. The summed E-state index contributed by atoms with van der Waals surface area (Å²) in [7, 11) is 2.43. The Morgan fingerprint density at radius 3 is 1.46 bits per heavy atom. The number of aromatic amines is 4. The molecule has 552 valence electrons. The predicted molar refractivity (Wildman–Crippen MR) is 362 cm³/mol. The third kappa shape index (κ3) is 19.9. The molecule has 99 heavy (non-hydrogen) atoms. The highest BCUT2D eigenvalue weighted by atomic mass is 32.5. The molecule has 4 fully saturated rings. The largest absolute Gasteiger partial charge is 0.396 e. The van der Waals surface area contributed by atoms with Gasteiger partial charge in [-0.2, -0.15) is 4.98 Å². The summed E-state index contributed by atoms with van der Waals surface area (Å²) < 4.78 is 99.1. The van der Waals surface area contributed by atoms with Gasteiger partial charge in [0.25, 0.3) is 22.2 Å². The first-order valence-corrected chi connectivity index (χ1v) is 42.6. The number of nitrogens with zero attached hydrogens (tertiary/aromatic N) is 6. The number of aliphatic hydroxyl groups is 1. The van der Waals surface area contributed by atoms with Crippen LogP contribution in [0, 0.1) is 20.8 Å². The van der Waals surface area contributed by atoms with Crippen LogP contribution >= 0.6 is 33.6 Å². The molecule has 5 aromatic rings. The lowest BCUT2D eigenvalue weighted by Crippen LogP contribution is -2.40. The Morgan fingerprint density at radius 2 is 0.980 bits per heavy atom. The molecule has 0 bridgehead atoms. The third-order valence-electron chi connectivity index (χ3n) is 15.3. The molecule has 12 N–H and O–H groups in total. The van der Waals surface area contributed by atoms with Crippen molar-refractivity contribution >= 4 is 110 Å². The first-order chi connectivity index (χ1) is 46.4. The van der Waals surface area contributed by atoms with E-state index in [9.17, 15) is 63.1 Å². The molecule has 9 heterocycles. The number of nitrogens with one attached hydrogen (secondary N) is 4. The number of rotatable bonds is 33. The van der Waals surface area contributed by atoms with Crippen LogP contribution in [-0.4, -0.2) is 199 Å². The highest BCUT2D eigenvalue weighted by Crippen LogP contribution is 2.56. The number of aryl methyl sites for hydroxylation is 3. The molecule has 9 rings (SSSR count). The van der Waals surface area contributed by atoms with E-state index in [1.54, 1.807) is 13.8 Å². The molecule has 0 amide bonds. The second kappa shape index (κ2) is 32.9. The van der Waals surface area contributed by atoms with Gasteiger partial charge in [0.15, 0.2) is 23.6 Å². The average molecular weight is 1590 g/mol. The summed E-state index contributed by atoms with van der Waals surface area (Å²) in [5.41, 5.74) is 0.416. The van der Waals surface area contributed by atoms with E-state index in [2.05, 4.69) is 29.9 Å². The summed E-state index contributed by atoms with van der Waals surface area (Å²) in [6, 6.07) is 0. The summed E-state index contributed by atoms with van der Waals surface area (Å²) >= 11 is 27.1. The SMILES string of the molecule is CO[C@H]1C(OP(O)(=S)OCCCO)[C@@H](CCOP(O)(=S)OC2[C@@H](COP(O)(=S)OC3C[C@H](n4cc(C)c(=O)[nH]c4=O)O[C@@H]3COP(O)(=S)OC3C[C@H](n4cnc5c(=O)[nH]c(N)nc54)O[C@@H]3COP(O)(=S)OC(C)C)O[C@@H](n3cc(C)c(=O)[nH]c3=O)[C@H]2OC)O[C@H]1n1cc(C)c(=O)[nH]c1=O. The average Bonchev–Trinajstić information content (AvgIpc) is 1.65. The summed E-state index contributed by atoms with van der Waals surface area (Å²) in [5.74, 6) is -0.237. The fourth-order valence-corrected chi connectivity index (χ4v) is 18.4. The second-order valence-electron chi connectivity index (χ2n) is 22.8. The fourth-order valence-electron chi connectivity index (χ4n) is 10.9. The summed E-state index contributed by atoms with van der Waals surface area (Å²) in [6.45, 7) is -17.4. The van der Waals surface area contributed by atoms with Crippen molar-refractivity contribution in [2.75, 3.05) is 59.6 Å². The second-order valence-corrected chi connectivity index (χ2v) is 36.8. The molecule has 0 radical (unpaired) electrons. The van der Waals surface area contributed by atoms with Crippen molar-refractivity contribution in [2.45, 2.75) is 152 Å². The maximum atomic E-state index is 13.4. The topological polar surface area (TPSA) is 523 Å². The van der Waals surface area contributed by atoms with Crippen LogP contribution in [-0.2, 0) is 133 Å². The van der Waals surface area contributed by atoms with Crippen molar-refractivity contribution < 1.29 is 103 Å². The zero-order valence-electron chi connectivity index (χ0n) is 53.2. The van der Waals surface area contributed by atoms with Gasteiger partial charge >= 0.3 is 50.7 Å². The van der Waals surface area contributed by atoms with Crippen molar-refractivity contribution in [2.24, 2.45) is 0 Å². The van der Waals surface area contributed by atoms with Crippen molar-refractivity contribution in [3.8, 4) is 0 Å². The van der Waals surface area contributed by atoms with Gasteiger partial charge < -0.3 is 99.9 Å². The predicted octanol–water partition coefficient (Wildman–Crippen LogP) is -0.417. The van der Waals surface area contributed by atoms with Crippen molar-refractivity contribution in [1.82, 2.24) is 48.2 Å². The van der Waals surface area contributed by atoms with Crippen LogP contribution in [0.25, 0.3) is 11.2 Å². The number of anilines is 1. The van der Waals surface area contributed by atoms with E-state index in [1.807, 2.05) is 0 Å². The van der Waals surface area contributed by atoms with Gasteiger partial charge in [0, 0.05) is 75.4 Å². The van der Waals surface area contributed by atoms with E-state index < -0.39 is 191 Å². The molecule has 50 heteroatoms. The van der Waals surface area contributed by atoms with Gasteiger partial charge in [0.1, 0.15) is 55.2 Å². The molecule has 0 aromatic carbocycles. The first kappa shape index (κ1) is 79.7. The van der Waals surface area contributed by atoms with Gasteiger partial charge in [0.05, 0.1) is 63.8 Å². The quantitative estimate of drug-likeness (QED) is 0.0188. The van der Waals surface area contributed by atoms with Gasteiger partial charge in [-0.15, -0.1) is 0 Å². The number of methoxy groups -OCH3 is 2. The molecule has 40 nitrogen and oxygen atoms in total. The van der Waals surface area contributed by atoms with Crippen LogP contribution in [0.1, 0.15) is 81.1 Å². The minimum absolute atomic E-state index is 0.0137. The molecule has 0 saturated carbocycles. The van der Waals surface area contributed by atoms with E-state index in [0.29, 0.717) is 0 Å². The van der Waals surface area contributed by atoms with E-state index in [-0.39, 0.29) is 72.7 Å². The Hall–Kier alpha value is -3.44. The van der Waals surface area contributed by atoms with Crippen LogP contribution in [0.5, 0.6) is 0 Å². The van der Waals surface area contributed by atoms with Gasteiger partial charge in [-0.05, 0) is 100 Å². The van der Waals surface area contributed by atoms with E-state index >= 15 is 0 Å². The molecule has 9 unspecified atom stereocenters. The van der Waals surface area contributed by atoms with Crippen LogP contribution in [0.4, 0.5) is 5.95 Å². The summed E-state index contributed by atoms with van der Waals surface area (Å²) in [6.07, 6.45) is -15.4. The molecular weight excluding hydrogens is 1520 g/mol. The van der Waals surface area contributed by atoms with Crippen molar-refractivity contribution in [3.63, 3.8) is 0 Å². The standard InChI is InChI=1S/C49H72N11O29P5S5/c1-22(2)85-92(71,97)78-18-30-28(14-33(82-30)60-21-51-34-39(60)52-46(50)53-43(34)65)87-93(72,98)79-19-29-27(13-32(81-29)57-15-23(3)40(62)54-47(57)66)86-94(73,99)80-20-31-36(38(75-7)45(84-31)59-17-25(5)42(64)56-49(59)68)89-91(70,96)77-12-9-26-35(88-90(69,95)76-11-8-10-61)37(74-6)44(83-26)58-16-24(4)41(63)55-48(58)67/h15-17,21-22,26-33,35-38,44-45,61H,8-14,18-20H2,1-7H3,(H,69,95)(H,70,96)(H,71,97)(H,72,98)(H,73,99)(H,54,62,66)(H,55,63,67)(H,56,64,68)(H3,50,52,53,65)/t26-,27?,28?,29-,30-,31-,32-,33-,35?,36?,37+,38+,44-,45-,90?,91?,92?,93?,94?/m1/s1. The van der Waals surface area contributed by atoms with Crippen LogP contribution in [0.3, 0.4) is 0 Å². The van der Waals surface area contributed by atoms with Crippen molar-refractivity contribution in [1.29, 1.82) is 0 Å². The number of nitrogens with two attached hydrogens (primary N) is 1. The van der Waals surface area contributed by atoms with Gasteiger partial charge in [-0.25, -0.2) is 19.4 Å². The molecule has 0 spiro atoms. The van der Waals surface area contributed by atoms with Gasteiger partial charge in [-0.3, -0.25) is 66.4 Å². The third-order valence-corrected chi connectivity index (χ3v) is 23.4. The monoisotopic (exact) mass is 1590 g/mol. The Kier molecular flexibility index (Phi) is 26.5. The Bertz CT molecular complexity index is 4440.